The predicted octanol–water partition coefficient (Wildman–Crippen LogP) is 37.1. The molecule has 0 bridgehead atoms. The molecule has 0 fully saturated rings. The van der Waals surface area contributed by atoms with Crippen LogP contribution in [0.4, 0.5) is 34.1 Å². The van der Waals surface area contributed by atoms with Crippen molar-refractivity contribution in [3.63, 3.8) is 0 Å². The van der Waals surface area contributed by atoms with Crippen molar-refractivity contribution in [3.05, 3.63) is 623 Å². The van der Waals surface area contributed by atoms with Gasteiger partial charge in [-0.15, -0.1) is 0 Å². The largest absolute Gasteiger partial charge is 0.457 e. The number of hydrogen-bond donors (Lipinski definition) is 0. The van der Waals surface area contributed by atoms with E-state index < -0.39 is 21.7 Å². The van der Waals surface area contributed by atoms with Gasteiger partial charge in [-0.05, 0) is 289 Å². The summed E-state index contributed by atoms with van der Waals surface area (Å²) in [5, 5.41) is 4.57. The van der Waals surface area contributed by atoms with Gasteiger partial charge in [0.15, 0.2) is 0 Å². The van der Waals surface area contributed by atoms with Gasteiger partial charge in [0.2, 0.25) is 0 Å². The van der Waals surface area contributed by atoms with Crippen LogP contribution in [0.5, 0.6) is 46.0 Å². The lowest BCUT2D eigenvalue weighted by Crippen LogP contribution is -2.32. The summed E-state index contributed by atoms with van der Waals surface area (Å²) >= 11 is 0. The molecule has 0 saturated carbocycles. The van der Waals surface area contributed by atoms with E-state index in [1.807, 2.05) is 0 Å². The molecule has 32 rings (SSSR count). The molecular formula is C144H88N2O4. The molecule has 0 N–H and O–H groups in total. The average Bonchev–Trinajstić information content (AvgIpc) is 1.51. The molecule has 4 heterocycles. The second-order valence-electron chi connectivity index (χ2n) is 40.9. The molecule has 6 nitrogen and oxygen atoms in total. The van der Waals surface area contributed by atoms with Crippen molar-refractivity contribution in [2.45, 2.75) is 21.7 Å². The molecule has 4 aliphatic heterocycles. The van der Waals surface area contributed by atoms with Crippen molar-refractivity contribution < 1.29 is 18.9 Å². The number of benzene rings is 24. The molecule has 4 spiro atoms. The number of hydrogen-bond acceptors (Lipinski definition) is 6. The topological polar surface area (TPSA) is 43.4 Å². The molecule has 8 aliphatic rings. The fourth-order valence-electron chi connectivity index (χ4n) is 27.6. The predicted molar refractivity (Wildman–Crippen MR) is 608 cm³/mol. The maximum atomic E-state index is 7.27. The first-order valence-corrected chi connectivity index (χ1v) is 51.9. The molecule has 1 atom stereocenters. The van der Waals surface area contributed by atoms with Crippen LogP contribution in [-0.2, 0) is 21.7 Å². The second-order valence-corrected chi connectivity index (χ2v) is 40.9. The monoisotopic (exact) mass is 1910 g/mol. The van der Waals surface area contributed by atoms with Crippen LogP contribution in [0.3, 0.4) is 0 Å². The molecule has 24 aromatic carbocycles. The Morgan fingerprint density at radius 2 is 0.420 bits per heavy atom. The van der Waals surface area contributed by atoms with Crippen LogP contribution >= 0.6 is 0 Å². The first-order chi connectivity index (χ1) is 74.3. The van der Waals surface area contributed by atoms with Crippen molar-refractivity contribution in [3.8, 4) is 146 Å². The summed E-state index contributed by atoms with van der Waals surface area (Å²) in [6, 6.07) is 198. The highest BCUT2D eigenvalue weighted by Gasteiger charge is 2.57. The summed E-state index contributed by atoms with van der Waals surface area (Å²) < 4.78 is 27.9. The SMILES string of the molecule is c1ccc(-c2ccc(-c3ccc(N(c4ccc5cc6c(cc5c4)C4(c5ccccc5Oc5ccccc54)c4ccccc4-6)c4cccc5c4-c4ccccc4C54c5ccccc5Oc5ccc(-c6cccc(-c7ccc(-c8ccc(N(c9cccc%10c9-c9ccccc9C%109c%10ccccc%10Oc%10ccccc%109)c9cccc%10cc%11c(cc9%10)C9(c%10ccccc%10Oc%10ccccc%109)c9ccccc9-%11)cc8)cc7)c6)cc54)cc3)cc2)cc1. The molecule has 4 aliphatic carbocycles. The molecule has 150 heavy (non-hydrogen) atoms. The lowest BCUT2D eigenvalue weighted by atomic mass is 9.65. The molecule has 1 unspecified atom stereocenters. The number of anilines is 6. The second kappa shape index (κ2) is 32.1. The highest BCUT2D eigenvalue weighted by atomic mass is 16.5. The molecule has 0 saturated heterocycles. The van der Waals surface area contributed by atoms with Crippen LogP contribution in [-0.4, -0.2) is 0 Å². The van der Waals surface area contributed by atoms with Crippen molar-refractivity contribution in [2.24, 2.45) is 0 Å². The lowest BCUT2D eigenvalue weighted by molar-refractivity contribution is 0.436. The Labute approximate surface area is 868 Å². The fourth-order valence-corrected chi connectivity index (χ4v) is 27.6. The number of para-hydroxylation sites is 7. The van der Waals surface area contributed by atoms with Gasteiger partial charge in [-0.1, -0.05) is 394 Å². The van der Waals surface area contributed by atoms with Crippen LogP contribution in [0.25, 0.3) is 122 Å². The molecule has 6 heteroatoms. The van der Waals surface area contributed by atoms with Crippen molar-refractivity contribution in [1.29, 1.82) is 0 Å². The molecule has 24 aromatic rings. The van der Waals surface area contributed by atoms with Crippen molar-refractivity contribution >= 4 is 55.7 Å². The Hall–Kier alpha value is -19.4. The van der Waals surface area contributed by atoms with Gasteiger partial charge in [0, 0.05) is 78.1 Å². The van der Waals surface area contributed by atoms with E-state index in [0.29, 0.717) is 0 Å². The van der Waals surface area contributed by atoms with E-state index in [1.165, 1.54) is 89.0 Å². The summed E-state index contributed by atoms with van der Waals surface area (Å²) in [4.78, 5) is 5.07. The number of rotatable bonds is 11. The Morgan fingerprint density at radius 3 is 0.873 bits per heavy atom. The zero-order valence-electron chi connectivity index (χ0n) is 81.3. The molecule has 0 aromatic heterocycles. The highest BCUT2D eigenvalue weighted by Crippen LogP contribution is 2.71. The molecule has 0 radical (unpaired) electrons. The van der Waals surface area contributed by atoms with E-state index in [1.54, 1.807) is 0 Å². The third-order valence-electron chi connectivity index (χ3n) is 33.7. The maximum absolute atomic E-state index is 7.27. The summed E-state index contributed by atoms with van der Waals surface area (Å²) in [6.07, 6.45) is 0. The minimum atomic E-state index is -0.833. The maximum Gasteiger partial charge on any atom is 0.132 e. The van der Waals surface area contributed by atoms with Crippen molar-refractivity contribution in [1.82, 2.24) is 0 Å². The van der Waals surface area contributed by atoms with Crippen molar-refractivity contribution in [2.75, 3.05) is 9.80 Å². The Morgan fingerprint density at radius 1 is 0.133 bits per heavy atom. The zero-order valence-corrected chi connectivity index (χ0v) is 81.3. The quantitative estimate of drug-likeness (QED) is 0.129. The lowest BCUT2D eigenvalue weighted by Gasteiger charge is -2.40. The van der Waals surface area contributed by atoms with E-state index in [-0.39, 0.29) is 0 Å². The Balaban J connectivity index is 0.513. The van der Waals surface area contributed by atoms with Gasteiger partial charge in [-0.2, -0.15) is 0 Å². The third kappa shape index (κ3) is 11.7. The van der Waals surface area contributed by atoms with E-state index >= 15 is 0 Å². The van der Waals surface area contributed by atoms with Crippen LogP contribution in [0.1, 0.15) is 89.0 Å². The zero-order chi connectivity index (χ0) is 98.2. The number of ether oxygens (including phenoxy) is 4. The van der Waals surface area contributed by atoms with Gasteiger partial charge in [0.05, 0.1) is 38.7 Å². The summed E-state index contributed by atoms with van der Waals surface area (Å²) in [7, 11) is 0. The van der Waals surface area contributed by atoms with Gasteiger partial charge >= 0.3 is 0 Å². The summed E-state index contributed by atoms with van der Waals surface area (Å²) in [5.41, 5.74) is 43.0. The van der Waals surface area contributed by atoms with E-state index in [4.69, 9.17) is 18.9 Å². The smallest absolute Gasteiger partial charge is 0.132 e. The minimum absolute atomic E-state index is 0.646. The van der Waals surface area contributed by atoms with E-state index in [0.717, 1.165) is 202 Å². The van der Waals surface area contributed by atoms with Crippen LogP contribution in [0.2, 0.25) is 0 Å². The Bertz CT molecular complexity index is 9730. The van der Waals surface area contributed by atoms with Gasteiger partial charge in [0.1, 0.15) is 46.0 Å². The van der Waals surface area contributed by atoms with Crippen LogP contribution in [0, 0.1) is 0 Å². The number of fused-ring (bicyclic) bond motifs is 38. The average molecular weight is 1910 g/mol. The standard InChI is InChI=1S/C144H88N2O4/c1-2-30-89(31-3-1)90-62-64-91(65-63-90)93-70-76-102(77-71-93)145(104-80-74-98-84-110-105-35-4-8-39-112(105)142(125(110)87-101(98)83-104)118-45-14-21-57-133(118)148-134-58-22-15-46-119(134)142)129-53-28-51-124-139(129)108-38-7-11-42-115(108)144(124)122-49-18-25-61-137(122)150-138-81-75-99(86-127(138)144)97-33-26-32-96(82-97)95-68-66-92(67-69-95)94-72-78-103(79-73-94)146(130-54-29-50-123-140(130)107-37-6-10-41-114(107)141(123)116-43-12-19-55-131(116)147-132-56-20-13-44-117(132)141)128-52-27-34-100-85-111-106-36-5-9-40-113(106)143(126(111)88-109(100)128)120-47-16-23-59-135(120)149-136-60-24-17-48-121(136)143/h1-88H. The molecule has 698 valence electrons. The first kappa shape index (κ1) is 84.0. The van der Waals surface area contributed by atoms with Gasteiger partial charge in [-0.25, -0.2) is 0 Å². The van der Waals surface area contributed by atoms with E-state index in [9.17, 15) is 0 Å². The summed E-state index contributed by atoms with van der Waals surface area (Å²) in [6.45, 7) is 0. The Kier molecular flexibility index (Phi) is 17.9. The van der Waals surface area contributed by atoms with Gasteiger partial charge in [0.25, 0.3) is 0 Å². The van der Waals surface area contributed by atoms with E-state index in [2.05, 4.69) is 544 Å². The first-order valence-electron chi connectivity index (χ1n) is 51.9. The van der Waals surface area contributed by atoms with Crippen LogP contribution < -0.4 is 28.7 Å². The van der Waals surface area contributed by atoms with Crippen LogP contribution in [0.15, 0.2) is 534 Å². The number of nitrogens with zero attached hydrogens (tertiary/aromatic N) is 2. The summed E-state index contributed by atoms with van der Waals surface area (Å²) in [5.74, 6) is 6.83. The third-order valence-corrected chi connectivity index (χ3v) is 33.7. The normalized spacial score (nSPS) is 14.8. The van der Waals surface area contributed by atoms with Gasteiger partial charge in [-0.3, -0.25) is 0 Å². The molecular weight excluding hydrogens is 1820 g/mol. The molecule has 0 amide bonds. The highest BCUT2D eigenvalue weighted by molar-refractivity contribution is 6.09. The van der Waals surface area contributed by atoms with Gasteiger partial charge < -0.3 is 28.7 Å². The minimum Gasteiger partial charge on any atom is -0.457 e. The fraction of sp³-hybridized carbons (Fsp3) is 0.0278.